The largest absolute Gasteiger partial charge is 0.497 e. The summed E-state index contributed by atoms with van der Waals surface area (Å²) >= 11 is 0. The van der Waals surface area contributed by atoms with Gasteiger partial charge in [-0.15, -0.1) is 10.2 Å². The van der Waals surface area contributed by atoms with Crippen LogP contribution >= 0.6 is 0 Å². The molecule has 3 heterocycles. The molecule has 6 nitrogen and oxygen atoms in total. The van der Waals surface area contributed by atoms with Crippen LogP contribution in [0.5, 0.6) is 5.75 Å². The van der Waals surface area contributed by atoms with Crippen molar-refractivity contribution in [3.8, 4) is 17.1 Å². The Morgan fingerprint density at radius 3 is 2.44 bits per heavy atom. The summed E-state index contributed by atoms with van der Waals surface area (Å²) in [5.41, 5.74) is 3.51. The summed E-state index contributed by atoms with van der Waals surface area (Å²) in [5.74, 6) is 1.53. The van der Waals surface area contributed by atoms with Gasteiger partial charge < -0.3 is 4.74 Å². The number of nitrogens with zero attached hydrogens (tertiary/aromatic N) is 5. The first-order valence-electron chi connectivity index (χ1n) is 7.78. The molecule has 0 bridgehead atoms. The van der Waals surface area contributed by atoms with Gasteiger partial charge in [0.05, 0.1) is 12.8 Å². The van der Waals surface area contributed by atoms with Crippen LogP contribution in [-0.4, -0.2) is 31.9 Å². The minimum atomic E-state index is 0.692. The molecule has 0 unspecified atom stereocenters. The molecule has 0 spiro atoms. The highest BCUT2D eigenvalue weighted by molar-refractivity contribution is 5.69. The smallest absolute Gasteiger partial charge is 0.185 e. The highest BCUT2D eigenvalue weighted by Crippen LogP contribution is 2.17. The zero-order valence-corrected chi connectivity index (χ0v) is 13.6. The Kier molecular flexibility index (Phi) is 3.92. The molecule has 0 saturated carbocycles. The summed E-state index contributed by atoms with van der Waals surface area (Å²) in [5, 5.41) is 13.0. The van der Waals surface area contributed by atoms with Gasteiger partial charge in [-0.2, -0.15) is 9.61 Å². The summed E-state index contributed by atoms with van der Waals surface area (Å²) < 4.78 is 6.91. The molecule has 0 aliphatic carbocycles. The molecular weight excluding hydrogens is 314 g/mol. The molecule has 25 heavy (non-hydrogen) atoms. The molecule has 1 aromatic carbocycles. The lowest BCUT2D eigenvalue weighted by Gasteiger charge is -2.01. The molecule has 0 saturated heterocycles. The molecule has 0 aliphatic heterocycles. The zero-order chi connectivity index (χ0) is 17.1. The molecule has 6 heteroatoms. The lowest BCUT2D eigenvalue weighted by molar-refractivity contribution is 0.415. The van der Waals surface area contributed by atoms with E-state index in [1.807, 2.05) is 60.7 Å². The van der Waals surface area contributed by atoms with Crippen LogP contribution in [0.3, 0.4) is 0 Å². The van der Waals surface area contributed by atoms with Crippen LogP contribution in [0.2, 0.25) is 0 Å². The van der Waals surface area contributed by atoms with Crippen LogP contribution in [0.4, 0.5) is 0 Å². The van der Waals surface area contributed by atoms with Crippen molar-refractivity contribution in [2.24, 2.45) is 0 Å². The Labute approximate surface area is 144 Å². The SMILES string of the molecule is COc1ccc(C=Cc2ccc3nnc(-c4ccncc4)n3n2)cc1. The summed E-state index contributed by atoms with van der Waals surface area (Å²) in [6.07, 6.45) is 7.41. The van der Waals surface area contributed by atoms with Crippen molar-refractivity contribution in [3.63, 3.8) is 0 Å². The zero-order valence-electron chi connectivity index (χ0n) is 13.6. The van der Waals surface area contributed by atoms with Gasteiger partial charge in [0.25, 0.3) is 0 Å². The second kappa shape index (κ2) is 6.52. The van der Waals surface area contributed by atoms with E-state index in [1.54, 1.807) is 24.0 Å². The first kappa shape index (κ1) is 15.0. The number of rotatable bonds is 4. The number of hydrogen-bond donors (Lipinski definition) is 0. The van der Waals surface area contributed by atoms with Gasteiger partial charge in [0.1, 0.15) is 5.75 Å². The molecule has 4 aromatic rings. The van der Waals surface area contributed by atoms with Crippen LogP contribution in [0, 0.1) is 0 Å². The molecule has 0 amide bonds. The Bertz CT molecular complexity index is 1020. The second-order valence-electron chi connectivity index (χ2n) is 5.39. The predicted octanol–water partition coefficient (Wildman–Crippen LogP) is 3.37. The molecule has 0 aliphatic rings. The standard InChI is InChI=1S/C19H15N5O/c1-25-17-7-3-14(4-8-17)2-5-16-6-9-18-21-22-19(24(18)23-16)15-10-12-20-13-11-15/h2-13H,1H3. The first-order chi connectivity index (χ1) is 12.3. The second-order valence-corrected chi connectivity index (χ2v) is 5.39. The molecule has 3 aromatic heterocycles. The predicted molar refractivity (Wildman–Crippen MR) is 95.9 cm³/mol. The monoisotopic (exact) mass is 329 g/mol. The lowest BCUT2D eigenvalue weighted by atomic mass is 10.2. The minimum absolute atomic E-state index is 0.692. The molecule has 0 atom stereocenters. The number of hydrogen-bond acceptors (Lipinski definition) is 5. The summed E-state index contributed by atoms with van der Waals surface area (Å²) in [6.45, 7) is 0. The number of methoxy groups -OCH3 is 1. The number of ether oxygens (including phenoxy) is 1. The van der Waals surface area contributed by atoms with Gasteiger partial charge in [-0.3, -0.25) is 4.98 Å². The number of aromatic nitrogens is 5. The van der Waals surface area contributed by atoms with E-state index < -0.39 is 0 Å². The lowest BCUT2D eigenvalue weighted by Crippen LogP contribution is -1.96. The third kappa shape index (κ3) is 3.10. The van der Waals surface area contributed by atoms with Crippen molar-refractivity contribution in [2.45, 2.75) is 0 Å². The third-order valence-corrected chi connectivity index (χ3v) is 3.78. The van der Waals surface area contributed by atoms with Crippen LogP contribution in [-0.2, 0) is 0 Å². The van der Waals surface area contributed by atoms with Gasteiger partial charge in [-0.25, -0.2) is 0 Å². The van der Waals surface area contributed by atoms with E-state index in [-0.39, 0.29) is 0 Å². The minimum Gasteiger partial charge on any atom is -0.497 e. The normalized spacial score (nSPS) is 11.2. The summed E-state index contributed by atoms with van der Waals surface area (Å²) in [7, 11) is 1.66. The van der Waals surface area contributed by atoms with E-state index in [9.17, 15) is 0 Å². The number of benzene rings is 1. The molecule has 4 rings (SSSR count). The van der Waals surface area contributed by atoms with E-state index in [4.69, 9.17) is 4.74 Å². The maximum Gasteiger partial charge on any atom is 0.185 e. The summed E-state index contributed by atoms with van der Waals surface area (Å²) in [6, 6.07) is 15.4. The number of pyridine rings is 1. The van der Waals surface area contributed by atoms with Crippen molar-refractivity contribution in [2.75, 3.05) is 7.11 Å². The van der Waals surface area contributed by atoms with E-state index in [0.717, 1.165) is 22.6 Å². The fourth-order valence-electron chi connectivity index (χ4n) is 2.47. The Morgan fingerprint density at radius 1 is 0.880 bits per heavy atom. The van der Waals surface area contributed by atoms with Gasteiger partial charge in [-0.1, -0.05) is 18.2 Å². The Morgan fingerprint density at radius 2 is 1.68 bits per heavy atom. The van der Waals surface area contributed by atoms with E-state index >= 15 is 0 Å². The van der Waals surface area contributed by atoms with Crippen molar-refractivity contribution < 1.29 is 4.74 Å². The maximum atomic E-state index is 5.17. The van der Waals surface area contributed by atoms with E-state index in [1.165, 1.54) is 0 Å². The first-order valence-corrected chi connectivity index (χ1v) is 7.78. The highest BCUT2D eigenvalue weighted by Gasteiger charge is 2.08. The third-order valence-electron chi connectivity index (χ3n) is 3.78. The van der Waals surface area contributed by atoms with Crippen LogP contribution < -0.4 is 4.74 Å². The molecule has 0 N–H and O–H groups in total. The van der Waals surface area contributed by atoms with E-state index in [0.29, 0.717) is 11.5 Å². The van der Waals surface area contributed by atoms with Gasteiger partial charge in [0, 0.05) is 18.0 Å². The summed E-state index contributed by atoms with van der Waals surface area (Å²) in [4.78, 5) is 4.03. The van der Waals surface area contributed by atoms with Gasteiger partial charge in [0.2, 0.25) is 0 Å². The van der Waals surface area contributed by atoms with Gasteiger partial charge in [-0.05, 0) is 48.0 Å². The Balaban J connectivity index is 1.67. The van der Waals surface area contributed by atoms with E-state index in [2.05, 4.69) is 20.3 Å². The molecule has 0 fully saturated rings. The number of fused-ring (bicyclic) bond motifs is 1. The van der Waals surface area contributed by atoms with Crippen molar-refractivity contribution in [3.05, 3.63) is 72.2 Å². The van der Waals surface area contributed by atoms with Crippen molar-refractivity contribution in [1.29, 1.82) is 0 Å². The average molecular weight is 329 g/mol. The van der Waals surface area contributed by atoms with Gasteiger partial charge >= 0.3 is 0 Å². The fraction of sp³-hybridized carbons (Fsp3) is 0.0526. The fourth-order valence-corrected chi connectivity index (χ4v) is 2.47. The molecular formula is C19H15N5O. The van der Waals surface area contributed by atoms with Crippen LogP contribution in [0.15, 0.2) is 60.9 Å². The Hall–Kier alpha value is -3.54. The van der Waals surface area contributed by atoms with Crippen LogP contribution in [0.25, 0.3) is 29.2 Å². The molecule has 0 radical (unpaired) electrons. The van der Waals surface area contributed by atoms with Crippen LogP contribution in [0.1, 0.15) is 11.3 Å². The maximum absolute atomic E-state index is 5.17. The quantitative estimate of drug-likeness (QED) is 0.574. The van der Waals surface area contributed by atoms with Crippen molar-refractivity contribution >= 4 is 17.8 Å². The average Bonchev–Trinajstić information content (AvgIpc) is 3.10. The van der Waals surface area contributed by atoms with Crippen molar-refractivity contribution in [1.82, 2.24) is 24.8 Å². The van der Waals surface area contributed by atoms with Gasteiger partial charge in [0.15, 0.2) is 11.5 Å². The molecule has 122 valence electrons. The topological polar surface area (TPSA) is 65.2 Å². The highest BCUT2D eigenvalue weighted by atomic mass is 16.5.